The zero-order chi connectivity index (χ0) is 20.5. The third kappa shape index (κ3) is 3.82. The quantitative estimate of drug-likeness (QED) is 0.682. The van der Waals surface area contributed by atoms with Crippen LogP contribution in [-0.2, 0) is 11.3 Å². The lowest BCUT2D eigenvalue weighted by atomic mass is 9.74. The van der Waals surface area contributed by atoms with Crippen molar-refractivity contribution < 1.29 is 9.53 Å². The second kappa shape index (κ2) is 8.25. The minimum absolute atomic E-state index is 0.119. The fraction of sp³-hybridized carbons (Fsp3) is 0.560. The number of ether oxygens (including phenoxy) is 1. The van der Waals surface area contributed by atoms with Crippen molar-refractivity contribution in [3.8, 4) is 0 Å². The Labute approximate surface area is 174 Å². The van der Waals surface area contributed by atoms with Gasteiger partial charge in [-0.3, -0.25) is 0 Å². The molecule has 0 radical (unpaired) electrons. The molecule has 2 unspecified atom stereocenters. The highest BCUT2D eigenvalue weighted by atomic mass is 16.5. The second-order valence-corrected chi connectivity index (χ2v) is 9.09. The zero-order valence-electron chi connectivity index (χ0n) is 18.1. The van der Waals surface area contributed by atoms with E-state index in [1.54, 1.807) is 5.57 Å². The Morgan fingerprint density at radius 3 is 2.55 bits per heavy atom. The van der Waals surface area contributed by atoms with Crippen LogP contribution in [0.3, 0.4) is 0 Å². The van der Waals surface area contributed by atoms with Gasteiger partial charge in [-0.25, -0.2) is 4.79 Å². The smallest absolute Gasteiger partial charge is 0.408 e. The summed E-state index contributed by atoms with van der Waals surface area (Å²) in [6.45, 7) is 9.38. The molecule has 1 heterocycles. The number of carbonyl (C=O) groups excluding carboxylic acids is 1. The van der Waals surface area contributed by atoms with Crippen molar-refractivity contribution in [3.05, 3.63) is 58.3 Å². The summed E-state index contributed by atoms with van der Waals surface area (Å²) in [7, 11) is 0. The minimum Gasteiger partial charge on any atom is -0.445 e. The Bertz CT molecular complexity index is 826. The molecule has 29 heavy (non-hydrogen) atoms. The van der Waals surface area contributed by atoms with Gasteiger partial charge >= 0.3 is 6.09 Å². The molecule has 0 aromatic heterocycles. The molecule has 1 aromatic rings. The van der Waals surface area contributed by atoms with E-state index in [-0.39, 0.29) is 12.1 Å². The molecule has 1 saturated carbocycles. The van der Waals surface area contributed by atoms with Crippen molar-refractivity contribution >= 4 is 6.09 Å². The maximum Gasteiger partial charge on any atom is 0.408 e. The first-order valence-corrected chi connectivity index (χ1v) is 11.1. The van der Waals surface area contributed by atoms with E-state index in [1.807, 2.05) is 30.3 Å². The fourth-order valence-electron chi connectivity index (χ4n) is 5.50. The van der Waals surface area contributed by atoms with Gasteiger partial charge in [0.1, 0.15) is 6.61 Å². The Hall–Kier alpha value is -2.23. The monoisotopic (exact) mass is 394 g/mol. The largest absolute Gasteiger partial charge is 0.445 e. The molecule has 156 valence electrons. The lowest BCUT2D eigenvalue weighted by molar-refractivity contribution is 0.138. The van der Waals surface area contributed by atoms with Crippen LogP contribution < -0.4 is 10.6 Å². The lowest BCUT2D eigenvalue weighted by Gasteiger charge is -2.32. The van der Waals surface area contributed by atoms with Gasteiger partial charge in [-0.15, -0.1) is 0 Å². The maximum atomic E-state index is 12.7. The Morgan fingerprint density at radius 2 is 1.79 bits per heavy atom. The van der Waals surface area contributed by atoms with Gasteiger partial charge in [0.2, 0.25) is 0 Å². The van der Waals surface area contributed by atoms with Crippen LogP contribution in [0, 0.1) is 17.8 Å². The van der Waals surface area contributed by atoms with E-state index in [9.17, 15) is 4.79 Å². The summed E-state index contributed by atoms with van der Waals surface area (Å²) in [6, 6.07) is 10.2. The number of rotatable bonds is 3. The SMILES string of the molecule is CC1=C(C)[C@H](C)[C@H](C)C2=C(NC3CCCCC23)[C@@H]1NC(=O)OCc1ccccc1. The number of benzene rings is 1. The van der Waals surface area contributed by atoms with Crippen LogP contribution in [-0.4, -0.2) is 18.2 Å². The fourth-order valence-corrected chi connectivity index (χ4v) is 5.50. The van der Waals surface area contributed by atoms with Crippen LogP contribution in [0.25, 0.3) is 0 Å². The van der Waals surface area contributed by atoms with E-state index >= 15 is 0 Å². The molecule has 2 N–H and O–H groups in total. The number of hydrogen-bond acceptors (Lipinski definition) is 3. The van der Waals surface area contributed by atoms with Crippen LogP contribution in [0.4, 0.5) is 4.79 Å². The average Bonchev–Trinajstić information content (AvgIpc) is 3.11. The third-order valence-corrected chi connectivity index (χ3v) is 7.56. The number of fused-ring (bicyclic) bond motifs is 2. The average molecular weight is 395 g/mol. The van der Waals surface area contributed by atoms with Crippen molar-refractivity contribution in [3.63, 3.8) is 0 Å². The number of carbonyl (C=O) groups is 1. The summed E-state index contributed by atoms with van der Waals surface area (Å²) in [5, 5.41) is 7.03. The van der Waals surface area contributed by atoms with Gasteiger partial charge in [-0.2, -0.15) is 0 Å². The van der Waals surface area contributed by atoms with E-state index in [1.165, 1.54) is 42.5 Å². The number of allylic oxidation sites excluding steroid dienone is 1. The number of hydrogen-bond donors (Lipinski definition) is 2. The Morgan fingerprint density at radius 1 is 1.07 bits per heavy atom. The van der Waals surface area contributed by atoms with Crippen LogP contribution in [0.2, 0.25) is 0 Å². The molecule has 1 fully saturated rings. The molecule has 3 aliphatic rings. The Kier molecular flexibility index (Phi) is 5.71. The highest BCUT2D eigenvalue weighted by Crippen LogP contribution is 2.47. The summed E-state index contributed by atoms with van der Waals surface area (Å²) < 4.78 is 5.55. The summed E-state index contributed by atoms with van der Waals surface area (Å²) in [5.74, 6) is 1.59. The van der Waals surface area contributed by atoms with E-state index < -0.39 is 0 Å². The molecule has 1 aromatic carbocycles. The molecule has 1 aliphatic heterocycles. The molecule has 2 aliphatic carbocycles. The molecule has 5 atom stereocenters. The first kappa shape index (κ1) is 20.1. The van der Waals surface area contributed by atoms with Gasteiger partial charge in [0, 0.05) is 17.7 Å². The summed E-state index contributed by atoms with van der Waals surface area (Å²) in [5.41, 5.74) is 6.42. The third-order valence-electron chi connectivity index (χ3n) is 7.56. The standard InChI is InChI=1S/C25H34N2O2/c1-15-16(2)18(4)23(27-25(28)29-14-19-10-6-5-7-11-19)24-22(17(15)3)20-12-8-9-13-21(20)26-24/h5-7,10-11,15,17,20-21,23,26H,8-9,12-14H2,1-4H3,(H,27,28)/t15-,17-,20?,21?,23+/m0/s1. The number of amides is 1. The normalized spacial score (nSPS) is 31.5. The van der Waals surface area contributed by atoms with Crippen molar-refractivity contribution in [1.29, 1.82) is 0 Å². The Balaban J connectivity index is 1.58. The van der Waals surface area contributed by atoms with E-state index in [0.29, 0.717) is 30.4 Å². The summed E-state index contributed by atoms with van der Waals surface area (Å²) >= 11 is 0. The molecule has 4 rings (SSSR count). The van der Waals surface area contributed by atoms with Gasteiger partial charge in [-0.05, 0) is 55.2 Å². The molecule has 4 heteroatoms. The van der Waals surface area contributed by atoms with Gasteiger partial charge in [0.25, 0.3) is 0 Å². The zero-order valence-corrected chi connectivity index (χ0v) is 18.1. The van der Waals surface area contributed by atoms with Gasteiger partial charge in [0.05, 0.1) is 6.04 Å². The van der Waals surface area contributed by atoms with Gasteiger partial charge < -0.3 is 15.4 Å². The molecular weight excluding hydrogens is 360 g/mol. The topological polar surface area (TPSA) is 50.4 Å². The minimum atomic E-state index is -0.350. The van der Waals surface area contributed by atoms with Crippen molar-refractivity contribution in [2.24, 2.45) is 17.8 Å². The molecular formula is C25H34N2O2. The molecule has 0 bridgehead atoms. The van der Waals surface area contributed by atoms with Crippen molar-refractivity contribution in [2.75, 3.05) is 0 Å². The van der Waals surface area contributed by atoms with Crippen LogP contribution >= 0.6 is 0 Å². The molecule has 1 amide bonds. The van der Waals surface area contributed by atoms with E-state index in [2.05, 4.69) is 38.3 Å². The molecule has 0 spiro atoms. The van der Waals surface area contributed by atoms with E-state index in [4.69, 9.17) is 4.74 Å². The second-order valence-electron chi connectivity index (χ2n) is 9.09. The highest BCUT2D eigenvalue weighted by molar-refractivity contribution is 5.69. The van der Waals surface area contributed by atoms with Gasteiger partial charge in [-0.1, -0.05) is 62.6 Å². The first-order chi connectivity index (χ1) is 14.0. The van der Waals surface area contributed by atoms with Gasteiger partial charge in [0.15, 0.2) is 0 Å². The van der Waals surface area contributed by atoms with Crippen LogP contribution in [0.15, 0.2) is 52.7 Å². The van der Waals surface area contributed by atoms with Crippen LogP contribution in [0.5, 0.6) is 0 Å². The van der Waals surface area contributed by atoms with Crippen LogP contribution in [0.1, 0.15) is 58.9 Å². The van der Waals surface area contributed by atoms with Crippen molar-refractivity contribution in [1.82, 2.24) is 10.6 Å². The first-order valence-electron chi connectivity index (χ1n) is 11.1. The molecule has 4 nitrogen and oxygen atoms in total. The van der Waals surface area contributed by atoms with E-state index in [0.717, 1.165) is 5.56 Å². The number of nitrogens with one attached hydrogen (secondary N) is 2. The number of alkyl carbamates (subject to hydrolysis) is 1. The maximum absolute atomic E-state index is 12.7. The summed E-state index contributed by atoms with van der Waals surface area (Å²) in [4.78, 5) is 12.7. The highest BCUT2D eigenvalue weighted by Gasteiger charge is 2.44. The van der Waals surface area contributed by atoms with Crippen molar-refractivity contribution in [2.45, 2.75) is 72.1 Å². The predicted octanol–water partition coefficient (Wildman–Crippen LogP) is 5.32. The molecule has 0 saturated heterocycles. The lowest BCUT2D eigenvalue weighted by Crippen LogP contribution is -2.42. The summed E-state index contributed by atoms with van der Waals surface area (Å²) in [6.07, 6.45) is 4.74. The predicted molar refractivity (Wildman–Crippen MR) is 116 cm³/mol.